The van der Waals surface area contributed by atoms with Crippen LogP contribution < -0.4 is 4.74 Å². The molecule has 4 rings (SSSR count). The minimum atomic E-state index is -0.750. The van der Waals surface area contributed by atoms with Crippen LogP contribution in [0.25, 0.3) is 5.76 Å². The van der Waals surface area contributed by atoms with Gasteiger partial charge in [0.25, 0.3) is 11.7 Å². The lowest BCUT2D eigenvalue weighted by Crippen LogP contribution is -2.29. The fraction of sp³-hybridized carbons (Fsp3) is 0.259. The fourth-order valence-corrected chi connectivity index (χ4v) is 3.99. The van der Waals surface area contributed by atoms with Crippen LogP contribution in [0.3, 0.4) is 0 Å². The van der Waals surface area contributed by atoms with Crippen LogP contribution in [0.15, 0.2) is 72.8 Å². The van der Waals surface area contributed by atoms with Gasteiger partial charge in [-0.05, 0) is 65.9 Å². The number of rotatable bonds is 7. The van der Waals surface area contributed by atoms with Crippen LogP contribution in [0.4, 0.5) is 0 Å². The van der Waals surface area contributed by atoms with Gasteiger partial charge >= 0.3 is 0 Å². The molecule has 34 heavy (non-hydrogen) atoms. The Morgan fingerprint density at radius 3 is 2.50 bits per heavy atom. The van der Waals surface area contributed by atoms with E-state index in [9.17, 15) is 14.7 Å². The summed E-state index contributed by atoms with van der Waals surface area (Å²) in [6.07, 6.45) is 6.51. The average molecular weight is 458 g/mol. The molecule has 3 aromatic rings. The number of carbonyl (C=O) groups excluding carboxylic acids is 2. The van der Waals surface area contributed by atoms with E-state index in [-0.39, 0.29) is 17.9 Å². The molecular weight excluding hydrogens is 430 g/mol. The smallest absolute Gasteiger partial charge is 0.295 e. The summed E-state index contributed by atoms with van der Waals surface area (Å²) in [4.78, 5) is 35.9. The third-order valence-electron chi connectivity index (χ3n) is 5.66. The predicted molar refractivity (Wildman–Crippen MR) is 128 cm³/mol. The first-order valence-electron chi connectivity index (χ1n) is 11.2. The monoisotopic (exact) mass is 457 g/mol. The third-order valence-corrected chi connectivity index (χ3v) is 5.66. The number of aliphatic hydroxyl groups excluding tert-OH is 1. The number of aromatic nitrogens is 2. The first kappa shape index (κ1) is 23.2. The van der Waals surface area contributed by atoms with E-state index in [1.165, 1.54) is 4.90 Å². The van der Waals surface area contributed by atoms with E-state index >= 15 is 0 Å². The highest BCUT2D eigenvalue weighted by Crippen LogP contribution is 2.40. The highest BCUT2D eigenvalue weighted by atomic mass is 16.5. The number of Topliss-reactive ketones (excluding diaryl/α,β-unsaturated/α-hetero) is 1. The van der Waals surface area contributed by atoms with Gasteiger partial charge in [0.1, 0.15) is 11.5 Å². The number of amides is 1. The second-order valence-corrected chi connectivity index (χ2v) is 8.75. The minimum absolute atomic E-state index is 0.0512. The quantitative estimate of drug-likeness (QED) is 0.320. The van der Waals surface area contributed by atoms with Crippen molar-refractivity contribution in [3.05, 3.63) is 95.1 Å². The zero-order valence-corrected chi connectivity index (χ0v) is 19.4. The number of aryl methyl sites for hydroxylation is 1. The number of pyridine rings is 2. The molecule has 0 bridgehead atoms. The van der Waals surface area contributed by atoms with Crippen molar-refractivity contribution >= 4 is 17.4 Å². The van der Waals surface area contributed by atoms with Gasteiger partial charge in [0.15, 0.2) is 0 Å². The Hall–Kier alpha value is -4.00. The Balaban J connectivity index is 1.77. The largest absolute Gasteiger partial charge is 0.507 e. The first-order valence-corrected chi connectivity index (χ1v) is 11.2. The van der Waals surface area contributed by atoms with Crippen LogP contribution in [0, 0.1) is 12.8 Å². The first-order chi connectivity index (χ1) is 16.4. The van der Waals surface area contributed by atoms with Crippen molar-refractivity contribution < 1.29 is 19.4 Å². The molecule has 174 valence electrons. The molecular formula is C27H27N3O4. The number of ketones is 1. The van der Waals surface area contributed by atoms with E-state index in [1.54, 1.807) is 61.2 Å². The summed E-state index contributed by atoms with van der Waals surface area (Å²) in [6, 6.07) is 11.6. The van der Waals surface area contributed by atoms with Crippen LogP contribution in [0.2, 0.25) is 0 Å². The molecule has 1 N–H and O–H groups in total. The van der Waals surface area contributed by atoms with Crippen LogP contribution >= 0.6 is 0 Å². The van der Waals surface area contributed by atoms with E-state index in [0.717, 1.165) is 11.1 Å². The summed E-state index contributed by atoms with van der Waals surface area (Å²) >= 11 is 0. The van der Waals surface area contributed by atoms with Gasteiger partial charge in [-0.15, -0.1) is 0 Å². The van der Waals surface area contributed by atoms with Gasteiger partial charge in [-0.2, -0.15) is 0 Å². The molecule has 0 radical (unpaired) electrons. The van der Waals surface area contributed by atoms with E-state index in [1.807, 2.05) is 13.0 Å². The Bertz CT molecular complexity index is 1220. The average Bonchev–Trinajstić information content (AvgIpc) is 3.09. The second kappa shape index (κ2) is 9.87. The topological polar surface area (TPSA) is 92.6 Å². The van der Waals surface area contributed by atoms with E-state index in [0.29, 0.717) is 29.4 Å². The molecule has 3 heterocycles. The highest BCUT2D eigenvalue weighted by Gasteiger charge is 2.46. The van der Waals surface area contributed by atoms with Gasteiger partial charge in [0.05, 0.1) is 18.2 Å². The van der Waals surface area contributed by atoms with Crippen molar-refractivity contribution in [1.29, 1.82) is 0 Å². The van der Waals surface area contributed by atoms with Crippen molar-refractivity contribution in [2.75, 3.05) is 6.61 Å². The van der Waals surface area contributed by atoms with Crippen molar-refractivity contribution in [2.24, 2.45) is 5.92 Å². The summed E-state index contributed by atoms with van der Waals surface area (Å²) in [5.74, 6) is -0.509. The molecule has 0 unspecified atom stereocenters. The molecule has 0 spiro atoms. The molecule has 1 aromatic carbocycles. The standard InChI is InChI=1S/C27H27N3O4/c1-17(2)16-34-22-7-6-21(13-18(22)3)25(31)23-24(20-8-11-28-12-9-20)30(27(33)26(23)32)15-19-5-4-10-29-14-19/h4-14,17,24,31H,15-16H2,1-3H3/b25-23+/t24-/m0/s1. The molecule has 1 fully saturated rings. The SMILES string of the molecule is Cc1cc(/C(O)=C2\C(=O)C(=O)N(Cc3cccnc3)[C@H]2c2ccncc2)ccc1OCC(C)C. The minimum Gasteiger partial charge on any atom is -0.507 e. The highest BCUT2D eigenvalue weighted by molar-refractivity contribution is 6.46. The summed E-state index contributed by atoms with van der Waals surface area (Å²) in [7, 11) is 0. The lowest BCUT2D eigenvalue weighted by Gasteiger charge is -2.25. The molecule has 1 aliphatic rings. The molecule has 1 atom stereocenters. The molecule has 1 saturated heterocycles. The number of nitrogens with zero attached hydrogens (tertiary/aromatic N) is 3. The number of hydrogen-bond acceptors (Lipinski definition) is 6. The maximum absolute atomic E-state index is 13.2. The van der Waals surface area contributed by atoms with Gasteiger partial charge in [0, 0.05) is 36.9 Å². The predicted octanol–water partition coefficient (Wildman–Crippen LogP) is 4.44. The number of benzene rings is 1. The number of carbonyl (C=O) groups is 2. The van der Waals surface area contributed by atoms with Gasteiger partial charge in [0.2, 0.25) is 0 Å². The Morgan fingerprint density at radius 1 is 1.09 bits per heavy atom. The Morgan fingerprint density at radius 2 is 1.85 bits per heavy atom. The summed E-state index contributed by atoms with van der Waals surface area (Å²) in [6.45, 7) is 6.78. The van der Waals surface area contributed by atoms with E-state index < -0.39 is 17.7 Å². The molecule has 7 heteroatoms. The summed E-state index contributed by atoms with van der Waals surface area (Å²) in [5.41, 5.74) is 2.80. The zero-order valence-electron chi connectivity index (χ0n) is 19.4. The van der Waals surface area contributed by atoms with E-state index in [2.05, 4.69) is 23.8 Å². The molecule has 7 nitrogen and oxygen atoms in total. The third kappa shape index (κ3) is 4.69. The van der Waals surface area contributed by atoms with Gasteiger partial charge in [-0.3, -0.25) is 19.6 Å². The normalized spacial score (nSPS) is 17.4. The second-order valence-electron chi connectivity index (χ2n) is 8.75. The molecule has 0 saturated carbocycles. The Kier molecular flexibility index (Phi) is 6.72. The number of likely N-dealkylation sites (tertiary alicyclic amines) is 1. The molecule has 2 aromatic heterocycles. The summed E-state index contributed by atoms with van der Waals surface area (Å²) in [5, 5.41) is 11.3. The van der Waals surface area contributed by atoms with Crippen molar-refractivity contribution in [3.8, 4) is 5.75 Å². The Labute approximate surface area is 198 Å². The van der Waals surface area contributed by atoms with Crippen LogP contribution in [0.5, 0.6) is 5.75 Å². The van der Waals surface area contributed by atoms with Crippen molar-refractivity contribution in [3.63, 3.8) is 0 Å². The fourth-order valence-electron chi connectivity index (χ4n) is 3.99. The maximum atomic E-state index is 13.2. The number of aliphatic hydroxyl groups is 1. The number of hydrogen-bond donors (Lipinski definition) is 1. The van der Waals surface area contributed by atoms with Crippen LogP contribution in [-0.2, 0) is 16.1 Å². The lowest BCUT2D eigenvalue weighted by molar-refractivity contribution is -0.140. The van der Waals surface area contributed by atoms with Crippen LogP contribution in [0.1, 0.15) is 42.1 Å². The zero-order chi connectivity index (χ0) is 24.2. The van der Waals surface area contributed by atoms with E-state index in [4.69, 9.17) is 4.74 Å². The van der Waals surface area contributed by atoms with Crippen LogP contribution in [-0.4, -0.2) is 38.3 Å². The van der Waals surface area contributed by atoms with Crippen molar-refractivity contribution in [1.82, 2.24) is 14.9 Å². The molecule has 1 aliphatic heterocycles. The van der Waals surface area contributed by atoms with Gasteiger partial charge < -0.3 is 14.7 Å². The van der Waals surface area contributed by atoms with Gasteiger partial charge in [-0.1, -0.05) is 19.9 Å². The summed E-state index contributed by atoms with van der Waals surface area (Å²) < 4.78 is 5.83. The molecule has 1 amide bonds. The maximum Gasteiger partial charge on any atom is 0.295 e. The molecule has 0 aliphatic carbocycles. The number of ether oxygens (including phenoxy) is 1. The lowest BCUT2D eigenvalue weighted by atomic mass is 9.95. The van der Waals surface area contributed by atoms with Crippen molar-refractivity contribution in [2.45, 2.75) is 33.4 Å². The van der Waals surface area contributed by atoms with Gasteiger partial charge in [-0.25, -0.2) is 0 Å².